The Kier molecular flexibility index (Phi) is 4.33. The van der Waals surface area contributed by atoms with Crippen molar-refractivity contribution in [3.63, 3.8) is 0 Å². The van der Waals surface area contributed by atoms with Crippen LogP contribution in [0.15, 0.2) is 53.3 Å². The van der Waals surface area contributed by atoms with Gasteiger partial charge in [-0.25, -0.2) is 4.98 Å². The second kappa shape index (κ2) is 7.14. The van der Waals surface area contributed by atoms with E-state index in [1.54, 1.807) is 10.6 Å². The summed E-state index contributed by atoms with van der Waals surface area (Å²) in [5.41, 5.74) is 3.63. The zero-order valence-corrected chi connectivity index (χ0v) is 15.9. The number of fused-ring (bicyclic) bond motifs is 1. The molecule has 1 saturated heterocycles. The van der Waals surface area contributed by atoms with Gasteiger partial charge in [0.15, 0.2) is 0 Å². The first-order valence-electron chi connectivity index (χ1n) is 9.60. The summed E-state index contributed by atoms with van der Waals surface area (Å²) in [5, 5.41) is 10.5. The van der Waals surface area contributed by atoms with Crippen molar-refractivity contribution >= 4 is 17.2 Å². The molecule has 1 aliphatic heterocycles. The van der Waals surface area contributed by atoms with Crippen LogP contribution in [0.4, 0.5) is 5.69 Å². The number of hydrogen-bond acceptors (Lipinski definition) is 6. The number of nitrogens with one attached hydrogen (secondary N) is 2. The van der Waals surface area contributed by atoms with Gasteiger partial charge in [-0.15, -0.1) is 0 Å². The van der Waals surface area contributed by atoms with E-state index < -0.39 is 0 Å². The van der Waals surface area contributed by atoms with Gasteiger partial charge in [-0.2, -0.15) is 4.98 Å². The first-order valence-corrected chi connectivity index (χ1v) is 9.60. The van der Waals surface area contributed by atoms with Gasteiger partial charge in [0.25, 0.3) is 5.91 Å². The van der Waals surface area contributed by atoms with E-state index in [2.05, 4.69) is 25.8 Å². The number of aryl methyl sites for hydroxylation is 1. The molecule has 4 aromatic rings. The molecule has 1 atom stereocenters. The third-order valence-corrected chi connectivity index (χ3v) is 5.19. The van der Waals surface area contributed by atoms with E-state index in [1.165, 1.54) is 0 Å². The summed E-state index contributed by atoms with van der Waals surface area (Å²) in [6, 6.07) is 11.5. The van der Waals surface area contributed by atoms with Crippen LogP contribution in [0.5, 0.6) is 0 Å². The molecule has 2 N–H and O–H groups in total. The second-order valence-corrected chi connectivity index (χ2v) is 7.16. The van der Waals surface area contributed by atoms with Crippen LogP contribution >= 0.6 is 0 Å². The minimum atomic E-state index is -0.229. The van der Waals surface area contributed by atoms with Crippen LogP contribution in [0.25, 0.3) is 17.0 Å². The number of carbonyl (C=O) groups excluding carboxylic acids is 1. The molecule has 1 amide bonds. The lowest BCUT2D eigenvalue weighted by Crippen LogP contribution is -2.15. The fourth-order valence-electron chi connectivity index (χ4n) is 3.57. The largest absolute Gasteiger partial charge is 0.337 e. The molecule has 146 valence electrons. The van der Waals surface area contributed by atoms with Gasteiger partial charge in [0.05, 0.1) is 12.2 Å². The van der Waals surface area contributed by atoms with E-state index in [-0.39, 0.29) is 11.9 Å². The number of nitrogens with zero attached hydrogens (tertiary/aromatic N) is 4. The molecule has 1 unspecified atom stereocenters. The van der Waals surface area contributed by atoms with Crippen molar-refractivity contribution in [2.45, 2.75) is 25.8 Å². The topological polar surface area (TPSA) is 97.4 Å². The van der Waals surface area contributed by atoms with E-state index >= 15 is 0 Å². The quantitative estimate of drug-likeness (QED) is 0.556. The van der Waals surface area contributed by atoms with E-state index in [4.69, 9.17) is 4.52 Å². The highest BCUT2D eigenvalue weighted by Crippen LogP contribution is 2.27. The summed E-state index contributed by atoms with van der Waals surface area (Å²) >= 11 is 0. The lowest BCUT2D eigenvalue weighted by Gasteiger charge is -2.09. The number of anilines is 1. The van der Waals surface area contributed by atoms with Gasteiger partial charge in [-0.3, -0.25) is 9.20 Å². The SMILES string of the molecule is Cc1ccc(-c2noc(C3CCCN3)n2)cc1NC(=O)c1cnc2ccccn12. The maximum Gasteiger partial charge on any atom is 0.274 e. The molecule has 0 spiro atoms. The number of pyridine rings is 1. The molecular weight excluding hydrogens is 368 g/mol. The summed E-state index contributed by atoms with van der Waals surface area (Å²) in [7, 11) is 0. The third-order valence-electron chi connectivity index (χ3n) is 5.19. The Balaban J connectivity index is 1.41. The molecule has 0 bridgehead atoms. The van der Waals surface area contributed by atoms with Crippen molar-refractivity contribution < 1.29 is 9.32 Å². The predicted octanol–water partition coefficient (Wildman–Crippen LogP) is 3.37. The monoisotopic (exact) mass is 388 g/mol. The number of aromatic nitrogens is 4. The van der Waals surface area contributed by atoms with Gasteiger partial charge in [-0.05, 0) is 50.1 Å². The van der Waals surface area contributed by atoms with Crippen LogP contribution < -0.4 is 10.6 Å². The minimum Gasteiger partial charge on any atom is -0.337 e. The van der Waals surface area contributed by atoms with E-state index in [0.29, 0.717) is 23.1 Å². The molecule has 0 radical (unpaired) electrons. The summed E-state index contributed by atoms with van der Waals surface area (Å²) in [6.45, 7) is 2.91. The molecule has 0 aliphatic carbocycles. The predicted molar refractivity (Wildman–Crippen MR) is 108 cm³/mol. The zero-order valence-electron chi connectivity index (χ0n) is 15.9. The maximum atomic E-state index is 12.8. The van der Waals surface area contributed by atoms with E-state index in [0.717, 1.165) is 36.2 Å². The molecule has 5 rings (SSSR count). The summed E-state index contributed by atoms with van der Waals surface area (Å²) in [6.07, 6.45) is 5.49. The number of amides is 1. The van der Waals surface area contributed by atoms with Gasteiger partial charge < -0.3 is 15.2 Å². The average molecular weight is 388 g/mol. The molecule has 4 heterocycles. The first-order chi connectivity index (χ1) is 14.2. The number of rotatable bonds is 4. The molecule has 29 heavy (non-hydrogen) atoms. The van der Waals surface area contributed by atoms with Gasteiger partial charge >= 0.3 is 0 Å². The van der Waals surface area contributed by atoms with Crippen molar-refractivity contribution in [2.75, 3.05) is 11.9 Å². The molecular formula is C21H20N6O2. The Morgan fingerprint density at radius 3 is 3.10 bits per heavy atom. The summed E-state index contributed by atoms with van der Waals surface area (Å²) < 4.78 is 7.20. The van der Waals surface area contributed by atoms with E-state index in [9.17, 15) is 4.79 Å². The number of imidazole rings is 1. The maximum absolute atomic E-state index is 12.8. The highest BCUT2D eigenvalue weighted by atomic mass is 16.5. The molecule has 1 aliphatic rings. The number of benzene rings is 1. The van der Waals surface area contributed by atoms with Crippen molar-refractivity contribution in [3.05, 3.63) is 65.9 Å². The molecule has 8 heteroatoms. The van der Waals surface area contributed by atoms with Crippen molar-refractivity contribution in [1.82, 2.24) is 24.8 Å². The summed E-state index contributed by atoms with van der Waals surface area (Å²) in [5.74, 6) is 0.890. The summed E-state index contributed by atoms with van der Waals surface area (Å²) in [4.78, 5) is 21.6. The highest BCUT2D eigenvalue weighted by Gasteiger charge is 2.23. The van der Waals surface area contributed by atoms with Crippen LogP contribution in [0, 0.1) is 6.92 Å². The van der Waals surface area contributed by atoms with Crippen LogP contribution in [-0.4, -0.2) is 32.0 Å². The van der Waals surface area contributed by atoms with Crippen LogP contribution in [0.2, 0.25) is 0 Å². The average Bonchev–Trinajstić information content (AvgIpc) is 3.49. The zero-order chi connectivity index (χ0) is 19.8. The molecule has 8 nitrogen and oxygen atoms in total. The standard InChI is InChI=1S/C21H20N6O2/c1-13-7-8-14(19-25-21(29-26-19)15-5-4-9-22-15)11-16(13)24-20(28)17-12-23-18-6-2-3-10-27(17)18/h2-3,6-8,10-12,15,22H,4-5,9H2,1H3,(H,24,28). The Morgan fingerprint density at radius 2 is 2.24 bits per heavy atom. The van der Waals surface area contributed by atoms with Crippen molar-refractivity contribution in [2.24, 2.45) is 0 Å². The second-order valence-electron chi connectivity index (χ2n) is 7.16. The van der Waals surface area contributed by atoms with Crippen LogP contribution in [-0.2, 0) is 0 Å². The molecule has 3 aromatic heterocycles. The lowest BCUT2D eigenvalue weighted by atomic mass is 10.1. The smallest absolute Gasteiger partial charge is 0.274 e. The van der Waals surface area contributed by atoms with Gasteiger partial charge in [0.1, 0.15) is 11.3 Å². The fraction of sp³-hybridized carbons (Fsp3) is 0.238. The Labute approximate surface area is 167 Å². The lowest BCUT2D eigenvalue weighted by molar-refractivity contribution is 0.102. The van der Waals surface area contributed by atoms with Crippen LogP contribution in [0.3, 0.4) is 0 Å². The third kappa shape index (κ3) is 3.27. The van der Waals surface area contributed by atoms with Crippen molar-refractivity contribution in [1.29, 1.82) is 0 Å². The minimum absolute atomic E-state index is 0.121. The van der Waals surface area contributed by atoms with Crippen molar-refractivity contribution in [3.8, 4) is 11.4 Å². The van der Waals surface area contributed by atoms with E-state index in [1.807, 2.05) is 49.5 Å². The van der Waals surface area contributed by atoms with Gasteiger partial charge in [0.2, 0.25) is 11.7 Å². The fourth-order valence-corrected chi connectivity index (χ4v) is 3.57. The van der Waals surface area contributed by atoms with Gasteiger partial charge in [0, 0.05) is 17.4 Å². The van der Waals surface area contributed by atoms with Crippen LogP contribution in [0.1, 0.15) is 40.8 Å². The molecule has 0 saturated carbocycles. The van der Waals surface area contributed by atoms with Gasteiger partial charge in [-0.1, -0.05) is 23.4 Å². The molecule has 1 fully saturated rings. The normalized spacial score (nSPS) is 16.4. The first kappa shape index (κ1) is 17.6. The Hall–Kier alpha value is -3.52. The number of carbonyl (C=O) groups is 1. The Morgan fingerprint density at radius 1 is 1.31 bits per heavy atom. The number of hydrogen-bond donors (Lipinski definition) is 2. The molecule has 1 aromatic carbocycles. The Bertz CT molecular complexity index is 1190. The highest BCUT2D eigenvalue weighted by molar-refractivity contribution is 6.04.